The summed E-state index contributed by atoms with van der Waals surface area (Å²) in [6.07, 6.45) is 0.618. The van der Waals surface area contributed by atoms with Crippen molar-refractivity contribution in [1.82, 2.24) is 4.98 Å². The number of halogens is 1. The standard InChI is InChI=1S/C23H20FN3O3S/c24-16-10-8-15(9-11-16)23-20(19-6-1-2-7-21(19)27-23)12-13-22(28)26-17-4-3-5-18(14-17)31(25,29)30/h1-11,14,27H,12-13H2,(H,26,28)(H2,25,29,30). The van der Waals surface area contributed by atoms with Crippen LogP contribution in [0.4, 0.5) is 10.1 Å². The Hall–Kier alpha value is -3.49. The fourth-order valence-electron chi connectivity index (χ4n) is 3.54. The number of benzene rings is 3. The molecular formula is C23H20FN3O3S. The molecule has 0 bridgehead atoms. The molecule has 4 aromatic rings. The zero-order chi connectivity index (χ0) is 22.0. The molecule has 0 atom stereocenters. The first-order valence-electron chi connectivity index (χ1n) is 9.59. The summed E-state index contributed by atoms with van der Waals surface area (Å²) in [4.78, 5) is 15.8. The van der Waals surface area contributed by atoms with Crippen LogP contribution in [0.1, 0.15) is 12.0 Å². The number of carbonyl (C=O) groups is 1. The third-order valence-electron chi connectivity index (χ3n) is 4.99. The van der Waals surface area contributed by atoms with E-state index >= 15 is 0 Å². The lowest BCUT2D eigenvalue weighted by Crippen LogP contribution is -2.15. The summed E-state index contributed by atoms with van der Waals surface area (Å²) in [6, 6.07) is 19.8. The van der Waals surface area contributed by atoms with E-state index < -0.39 is 10.0 Å². The first kappa shape index (κ1) is 20.8. The number of rotatable bonds is 6. The number of fused-ring (bicyclic) bond motifs is 1. The lowest BCUT2D eigenvalue weighted by atomic mass is 10.0. The van der Waals surface area contributed by atoms with Gasteiger partial charge in [-0.2, -0.15) is 0 Å². The molecule has 0 aliphatic heterocycles. The first-order valence-corrected chi connectivity index (χ1v) is 11.1. The Kier molecular flexibility index (Phi) is 5.58. The van der Waals surface area contributed by atoms with Crippen molar-refractivity contribution >= 4 is 32.5 Å². The number of para-hydroxylation sites is 1. The average Bonchev–Trinajstić information content (AvgIpc) is 3.11. The van der Waals surface area contributed by atoms with E-state index in [0.29, 0.717) is 12.1 Å². The molecule has 8 heteroatoms. The highest BCUT2D eigenvalue weighted by molar-refractivity contribution is 7.89. The zero-order valence-corrected chi connectivity index (χ0v) is 17.2. The molecule has 0 aliphatic rings. The van der Waals surface area contributed by atoms with E-state index in [1.165, 1.54) is 30.3 Å². The number of H-pyrrole nitrogens is 1. The number of hydrogen-bond acceptors (Lipinski definition) is 3. The van der Waals surface area contributed by atoms with Crippen molar-refractivity contribution in [1.29, 1.82) is 0 Å². The number of hydrogen-bond donors (Lipinski definition) is 3. The van der Waals surface area contributed by atoms with Crippen LogP contribution in [0, 0.1) is 5.82 Å². The molecule has 0 spiro atoms. The van der Waals surface area contributed by atoms with Crippen molar-refractivity contribution in [2.75, 3.05) is 5.32 Å². The Bertz CT molecular complexity index is 1360. The number of anilines is 1. The number of primary sulfonamides is 1. The average molecular weight is 437 g/mol. The number of aromatic amines is 1. The largest absolute Gasteiger partial charge is 0.354 e. The lowest BCUT2D eigenvalue weighted by molar-refractivity contribution is -0.116. The van der Waals surface area contributed by atoms with E-state index in [0.717, 1.165) is 27.7 Å². The molecule has 3 aromatic carbocycles. The first-order chi connectivity index (χ1) is 14.8. The van der Waals surface area contributed by atoms with Gasteiger partial charge in [0, 0.05) is 28.7 Å². The van der Waals surface area contributed by atoms with Crippen LogP contribution in [-0.2, 0) is 21.2 Å². The number of nitrogens with two attached hydrogens (primary N) is 1. The van der Waals surface area contributed by atoms with Crippen molar-refractivity contribution in [3.8, 4) is 11.3 Å². The third-order valence-corrected chi connectivity index (χ3v) is 5.91. The van der Waals surface area contributed by atoms with Crippen LogP contribution in [-0.4, -0.2) is 19.3 Å². The normalized spacial score (nSPS) is 11.5. The van der Waals surface area contributed by atoms with Gasteiger partial charge in [0.2, 0.25) is 15.9 Å². The fraction of sp³-hybridized carbons (Fsp3) is 0.0870. The number of sulfonamides is 1. The van der Waals surface area contributed by atoms with E-state index in [2.05, 4.69) is 10.3 Å². The number of carbonyl (C=O) groups excluding carboxylic acids is 1. The van der Waals surface area contributed by atoms with Gasteiger partial charge in [-0.1, -0.05) is 24.3 Å². The predicted molar refractivity (Wildman–Crippen MR) is 118 cm³/mol. The second kappa shape index (κ2) is 8.33. The van der Waals surface area contributed by atoms with E-state index in [4.69, 9.17) is 5.14 Å². The van der Waals surface area contributed by atoms with Crippen molar-refractivity contribution in [3.05, 3.63) is 84.2 Å². The molecule has 1 aromatic heterocycles. The van der Waals surface area contributed by atoms with Gasteiger partial charge < -0.3 is 10.3 Å². The summed E-state index contributed by atoms with van der Waals surface area (Å²) in [5.41, 5.74) is 3.90. The van der Waals surface area contributed by atoms with Crippen molar-refractivity contribution in [3.63, 3.8) is 0 Å². The van der Waals surface area contributed by atoms with Gasteiger partial charge in [0.15, 0.2) is 0 Å². The summed E-state index contributed by atoms with van der Waals surface area (Å²) < 4.78 is 36.4. The van der Waals surface area contributed by atoms with E-state index in [9.17, 15) is 17.6 Å². The summed E-state index contributed by atoms with van der Waals surface area (Å²) in [7, 11) is -3.85. The van der Waals surface area contributed by atoms with Gasteiger partial charge in [0.1, 0.15) is 5.82 Å². The maximum absolute atomic E-state index is 13.4. The second-order valence-corrected chi connectivity index (χ2v) is 8.71. The zero-order valence-electron chi connectivity index (χ0n) is 16.4. The molecular weight excluding hydrogens is 417 g/mol. The topological polar surface area (TPSA) is 105 Å². The van der Waals surface area contributed by atoms with Crippen LogP contribution in [0.3, 0.4) is 0 Å². The monoisotopic (exact) mass is 437 g/mol. The minimum absolute atomic E-state index is 0.0690. The Labute approximate surface area is 179 Å². The minimum Gasteiger partial charge on any atom is -0.354 e. The molecule has 1 heterocycles. The van der Waals surface area contributed by atoms with Crippen LogP contribution >= 0.6 is 0 Å². The lowest BCUT2D eigenvalue weighted by Gasteiger charge is -2.08. The molecule has 0 radical (unpaired) electrons. The van der Waals surface area contributed by atoms with Crippen molar-refractivity contribution in [2.24, 2.45) is 5.14 Å². The Morgan fingerprint density at radius 2 is 1.74 bits per heavy atom. The Morgan fingerprint density at radius 1 is 1.00 bits per heavy atom. The highest BCUT2D eigenvalue weighted by Gasteiger charge is 2.15. The van der Waals surface area contributed by atoms with Gasteiger partial charge in [-0.25, -0.2) is 17.9 Å². The molecule has 6 nitrogen and oxygen atoms in total. The number of aryl methyl sites for hydroxylation is 1. The van der Waals surface area contributed by atoms with Gasteiger partial charge in [-0.15, -0.1) is 0 Å². The Morgan fingerprint density at radius 3 is 2.48 bits per heavy atom. The summed E-state index contributed by atoms with van der Waals surface area (Å²) in [5.74, 6) is -0.579. The molecule has 1 amide bonds. The quantitative estimate of drug-likeness (QED) is 0.421. The van der Waals surface area contributed by atoms with Crippen molar-refractivity contribution < 1.29 is 17.6 Å². The molecule has 31 heavy (non-hydrogen) atoms. The molecule has 0 unspecified atom stereocenters. The second-order valence-electron chi connectivity index (χ2n) is 7.15. The molecule has 4 rings (SSSR count). The molecule has 0 saturated heterocycles. The number of aromatic nitrogens is 1. The van der Waals surface area contributed by atoms with Crippen LogP contribution in [0.25, 0.3) is 22.2 Å². The summed E-state index contributed by atoms with van der Waals surface area (Å²) >= 11 is 0. The smallest absolute Gasteiger partial charge is 0.238 e. The molecule has 0 fully saturated rings. The van der Waals surface area contributed by atoms with Gasteiger partial charge >= 0.3 is 0 Å². The minimum atomic E-state index is -3.85. The van der Waals surface area contributed by atoms with Crippen LogP contribution in [0.15, 0.2) is 77.7 Å². The maximum atomic E-state index is 13.4. The van der Waals surface area contributed by atoms with Gasteiger partial charge in [0.25, 0.3) is 0 Å². The van der Waals surface area contributed by atoms with E-state index in [-0.39, 0.29) is 23.0 Å². The fourth-order valence-corrected chi connectivity index (χ4v) is 4.10. The number of amides is 1. The number of nitrogens with one attached hydrogen (secondary N) is 2. The highest BCUT2D eigenvalue weighted by Crippen LogP contribution is 2.31. The van der Waals surface area contributed by atoms with Crippen LogP contribution in [0.2, 0.25) is 0 Å². The molecule has 158 valence electrons. The maximum Gasteiger partial charge on any atom is 0.238 e. The third kappa shape index (κ3) is 4.65. The molecule has 4 N–H and O–H groups in total. The van der Waals surface area contributed by atoms with Gasteiger partial charge in [-0.3, -0.25) is 4.79 Å². The van der Waals surface area contributed by atoms with Crippen LogP contribution in [0.5, 0.6) is 0 Å². The van der Waals surface area contributed by atoms with Gasteiger partial charge in [0.05, 0.1) is 4.90 Å². The summed E-state index contributed by atoms with van der Waals surface area (Å²) in [5, 5.41) is 8.85. The SMILES string of the molecule is NS(=O)(=O)c1cccc(NC(=O)CCc2c(-c3ccc(F)cc3)[nH]c3ccccc23)c1. The molecule has 0 aliphatic carbocycles. The predicted octanol–water partition coefficient (Wildman–Crippen LogP) is 4.19. The van der Waals surface area contributed by atoms with Crippen LogP contribution < -0.4 is 10.5 Å². The summed E-state index contributed by atoms with van der Waals surface area (Å²) in [6.45, 7) is 0. The van der Waals surface area contributed by atoms with Gasteiger partial charge in [-0.05, 0) is 66.1 Å². The highest BCUT2D eigenvalue weighted by atomic mass is 32.2. The van der Waals surface area contributed by atoms with E-state index in [1.807, 2.05) is 24.3 Å². The van der Waals surface area contributed by atoms with E-state index in [1.54, 1.807) is 18.2 Å². The molecule has 0 saturated carbocycles. The van der Waals surface area contributed by atoms with Crippen molar-refractivity contribution in [2.45, 2.75) is 17.7 Å². The Balaban J connectivity index is 1.57.